The van der Waals surface area contributed by atoms with Crippen LogP contribution in [0.25, 0.3) is 0 Å². The van der Waals surface area contributed by atoms with E-state index >= 15 is 0 Å². The Kier molecular flexibility index (Phi) is 7.41. The Labute approximate surface area is 161 Å². The lowest BCUT2D eigenvalue weighted by atomic mass is 10.1. The van der Waals surface area contributed by atoms with Gasteiger partial charge in [-0.2, -0.15) is 0 Å². The van der Waals surface area contributed by atoms with Crippen LogP contribution in [0.2, 0.25) is 0 Å². The standard InChI is InChI=1S/C22H28N2O3/c1-16-8-9-20(14-17(16)2)24(18(3)25)13-11-22(26)23-12-10-19-6-5-7-21(15-19)27-4/h5-9,14-15H,10-13H2,1-4H3,(H,23,26). The minimum Gasteiger partial charge on any atom is -0.497 e. The van der Waals surface area contributed by atoms with E-state index in [2.05, 4.69) is 5.32 Å². The molecule has 0 aliphatic rings. The number of rotatable bonds is 8. The van der Waals surface area contributed by atoms with Gasteiger partial charge in [0.1, 0.15) is 5.75 Å². The number of carbonyl (C=O) groups is 2. The Morgan fingerprint density at radius 1 is 1.07 bits per heavy atom. The van der Waals surface area contributed by atoms with Crippen molar-refractivity contribution in [2.45, 2.75) is 33.6 Å². The normalized spacial score (nSPS) is 10.4. The van der Waals surface area contributed by atoms with Crippen LogP contribution in [-0.2, 0) is 16.0 Å². The maximum Gasteiger partial charge on any atom is 0.223 e. The smallest absolute Gasteiger partial charge is 0.223 e. The number of anilines is 1. The molecule has 5 heteroatoms. The van der Waals surface area contributed by atoms with Crippen LogP contribution in [0.3, 0.4) is 0 Å². The molecule has 144 valence electrons. The maximum absolute atomic E-state index is 12.2. The molecule has 2 aromatic carbocycles. The average molecular weight is 368 g/mol. The van der Waals surface area contributed by atoms with Gasteiger partial charge in [0.05, 0.1) is 7.11 Å². The molecule has 2 rings (SSSR count). The van der Waals surface area contributed by atoms with Crippen molar-refractivity contribution in [3.05, 3.63) is 59.2 Å². The highest BCUT2D eigenvalue weighted by Gasteiger charge is 2.14. The van der Waals surface area contributed by atoms with Gasteiger partial charge in [0.2, 0.25) is 11.8 Å². The first-order chi connectivity index (χ1) is 12.9. The fraction of sp³-hybridized carbons (Fsp3) is 0.364. The first-order valence-electron chi connectivity index (χ1n) is 9.15. The van der Waals surface area contributed by atoms with Crippen molar-refractivity contribution in [3.63, 3.8) is 0 Å². The van der Waals surface area contributed by atoms with Crippen LogP contribution in [0.1, 0.15) is 30.0 Å². The summed E-state index contributed by atoms with van der Waals surface area (Å²) in [7, 11) is 1.64. The lowest BCUT2D eigenvalue weighted by molar-refractivity contribution is -0.121. The first-order valence-corrected chi connectivity index (χ1v) is 9.15. The molecule has 0 fully saturated rings. The SMILES string of the molecule is COc1cccc(CCNC(=O)CCN(C(C)=O)c2ccc(C)c(C)c2)c1. The number of aryl methyl sites for hydroxylation is 2. The van der Waals surface area contributed by atoms with E-state index in [9.17, 15) is 9.59 Å². The highest BCUT2D eigenvalue weighted by molar-refractivity contribution is 5.92. The summed E-state index contributed by atoms with van der Waals surface area (Å²) >= 11 is 0. The van der Waals surface area contributed by atoms with Gasteiger partial charge < -0.3 is 15.0 Å². The van der Waals surface area contributed by atoms with Crippen LogP contribution in [0, 0.1) is 13.8 Å². The highest BCUT2D eigenvalue weighted by Crippen LogP contribution is 2.19. The number of benzene rings is 2. The van der Waals surface area contributed by atoms with E-state index in [1.165, 1.54) is 12.5 Å². The molecular weight excluding hydrogens is 340 g/mol. The topological polar surface area (TPSA) is 58.6 Å². The molecule has 0 radical (unpaired) electrons. The largest absolute Gasteiger partial charge is 0.497 e. The molecule has 0 saturated carbocycles. The van der Waals surface area contributed by atoms with Crippen molar-refractivity contribution >= 4 is 17.5 Å². The summed E-state index contributed by atoms with van der Waals surface area (Å²) in [6.07, 6.45) is 1.00. The minimum atomic E-state index is -0.0672. The second-order valence-electron chi connectivity index (χ2n) is 6.64. The van der Waals surface area contributed by atoms with Crippen LogP contribution in [0.5, 0.6) is 5.75 Å². The van der Waals surface area contributed by atoms with Crippen molar-refractivity contribution in [2.75, 3.05) is 25.1 Å². The minimum absolute atomic E-state index is 0.0621. The van der Waals surface area contributed by atoms with Crippen molar-refractivity contribution < 1.29 is 14.3 Å². The van der Waals surface area contributed by atoms with Crippen LogP contribution in [0.4, 0.5) is 5.69 Å². The van der Waals surface area contributed by atoms with Gasteiger partial charge in [-0.25, -0.2) is 0 Å². The summed E-state index contributed by atoms with van der Waals surface area (Å²) < 4.78 is 5.20. The molecule has 5 nitrogen and oxygen atoms in total. The highest BCUT2D eigenvalue weighted by atomic mass is 16.5. The van der Waals surface area contributed by atoms with Crippen molar-refractivity contribution in [2.24, 2.45) is 0 Å². The van der Waals surface area contributed by atoms with Gasteiger partial charge in [-0.3, -0.25) is 9.59 Å². The van der Waals surface area contributed by atoms with Gasteiger partial charge in [-0.05, 0) is 61.2 Å². The third-order valence-electron chi connectivity index (χ3n) is 4.61. The molecule has 0 unspecified atom stereocenters. The van der Waals surface area contributed by atoms with Crippen molar-refractivity contribution in [1.29, 1.82) is 0 Å². The lowest BCUT2D eigenvalue weighted by Crippen LogP contribution is -2.34. The Hall–Kier alpha value is -2.82. The van der Waals surface area contributed by atoms with Crippen molar-refractivity contribution in [1.82, 2.24) is 5.32 Å². The van der Waals surface area contributed by atoms with Gasteiger partial charge in [-0.15, -0.1) is 0 Å². The summed E-state index contributed by atoms with van der Waals surface area (Å²) in [5.41, 5.74) is 4.24. The van der Waals surface area contributed by atoms with E-state index < -0.39 is 0 Å². The van der Waals surface area contributed by atoms with Gasteiger partial charge in [0, 0.05) is 32.1 Å². The van der Waals surface area contributed by atoms with Gasteiger partial charge in [0.15, 0.2) is 0 Å². The zero-order valence-corrected chi connectivity index (χ0v) is 16.5. The van der Waals surface area contributed by atoms with Crippen LogP contribution in [0.15, 0.2) is 42.5 Å². The predicted molar refractivity (Wildman–Crippen MR) is 108 cm³/mol. The van der Waals surface area contributed by atoms with Crippen LogP contribution < -0.4 is 15.0 Å². The molecular formula is C22H28N2O3. The quantitative estimate of drug-likeness (QED) is 0.777. The molecule has 27 heavy (non-hydrogen) atoms. The molecule has 0 bridgehead atoms. The van der Waals surface area contributed by atoms with E-state index in [4.69, 9.17) is 4.74 Å². The average Bonchev–Trinajstić information content (AvgIpc) is 2.64. The monoisotopic (exact) mass is 368 g/mol. The molecule has 0 aliphatic carbocycles. The lowest BCUT2D eigenvalue weighted by Gasteiger charge is -2.22. The number of amides is 2. The van der Waals surface area contributed by atoms with E-state index in [0.29, 0.717) is 13.1 Å². The van der Waals surface area contributed by atoms with Gasteiger partial charge >= 0.3 is 0 Å². The summed E-state index contributed by atoms with van der Waals surface area (Å²) in [5.74, 6) is 0.680. The Morgan fingerprint density at radius 2 is 1.85 bits per heavy atom. The number of nitrogens with zero attached hydrogens (tertiary/aromatic N) is 1. The second kappa shape index (κ2) is 9.76. The molecule has 0 aliphatic heterocycles. The van der Waals surface area contributed by atoms with Gasteiger partial charge in [-0.1, -0.05) is 18.2 Å². The van der Waals surface area contributed by atoms with Gasteiger partial charge in [0.25, 0.3) is 0 Å². The fourth-order valence-electron chi connectivity index (χ4n) is 2.84. The number of methoxy groups -OCH3 is 1. The third kappa shape index (κ3) is 6.13. The molecule has 2 amide bonds. The second-order valence-corrected chi connectivity index (χ2v) is 6.64. The van der Waals surface area contributed by atoms with E-state index in [0.717, 1.165) is 29.0 Å². The first kappa shape index (κ1) is 20.5. The summed E-state index contributed by atoms with van der Waals surface area (Å²) in [4.78, 5) is 25.8. The number of hydrogen-bond donors (Lipinski definition) is 1. The summed E-state index contributed by atoms with van der Waals surface area (Å²) in [5, 5.41) is 2.92. The maximum atomic E-state index is 12.2. The number of nitrogens with one attached hydrogen (secondary N) is 1. The number of carbonyl (C=O) groups excluding carboxylic acids is 2. The van der Waals surface area contributed by atoms with E-state index in [1.54, 1.807) is 12.0 Å². The molecule has 2 aromatic rings. The summed E-state index contributed by atoms with van der Waals surface area (Å²) in [6.45, 7) is 6.49. The predicted octanol–water partition coefficient (Wildman–Crippen LogP) is 3.41. The molecule has 0 atom stereocenters. The molecule has 0 spiro atoms. The number of ether oxygens (including phenoxy) is 1. The zero-order chi connectivity index (χ0) is 19.8. The molecule has 0 aromatic heterocycles. The van der Waals surface area contributed by atoms with E-state index in [-0.39, 0.29) is 18.2 Å². The molecule has 1 N–H and O–H groups in total. The van der Waals surface area contributed by atoms with Crippen molar-refractivity contribution in [3.8, 4) is 5.75 Å². The molecule has 0 heterocycles. The number of hydrogen-bond acceptors (Lipinski definition) is 3. The van der Waals surface area contributed by atoms with Crippen LogP contribution in [-0.4, -0.2) is 32.0 Å². The molecule has 0 saturated heterocycles. The van der Waals surface area contributed by atoms with Crippen LogP contribution >= 0.6 is 0 Å². The Bertz CT molecular complexity index is 802. The summed E-state index contributed by atoms with van der Waals surface area (Å²) in [6, 6.07) is 13.7. The Balaban J connectivity index is 1.84. The zero-order valence-electron chi connectivity index (χ0n) is 16.5. The third-order valence-corrected chi connectivity index (χ3v) is 4.61. The van der Waals surface area contributed by atoms with E-state index in [1.807, 2.05) is 56.3 Å². The fourth-order valence-corrected chi connectivity index (χ4v) is 2.84. The Morgan fingerprint density at radius 3 is 2.52 bits per heavy atom.